The number of benzene rings is 1. The third-order valence-corrected chi connectivity index (χ3v) is 6.11. The maximum Gasteiger partial charge on any atom is 0.309 e. The highest BCUT2D eigenvalue weighted by molar-refractivity contribution is 5.79. The van der Waals surface area contributed by atoms with Crippen LogP contribution in [0, 0.1) is 23.7 Å². The molecule has 1 saturated heterocycles. The number of aromatic nitrogens is 2. The predicted octanol–water partition coefficient (Wildman–Crippen LogP) is 2.59. The van der Waals surface area contributed by atoms with E-state index in [9.17, 15) is 9.59 Å². The van der Waals surface area contributed by atoms with Gasteiger partial charge in [0, 0.05) is 26.1 Å². The summed E-state index contributed by atoms with van der Waals surface area (Å²) in [4.78, 5) is 40.0. The number of rotatable bonds is 5. The van der Waals surface area contributed by atoms with Crippen LogP contribution in [0.25, 0.3) is 11.0 Å². The van der Waals surface area contributed by atoms with Gasteiger partial charge in [-0.1, -0.05) is 31.2 Å². The molecule has 4 atom stereocenters. The zero-order valence-electron chi connectivity index (χ0n) is 17.9. The van der Waals surface area contributed by atoms with Crippen LogP contribution >= 0.6 is 0 Å². The van der Waals surface area contributed by atoms with Gasteiger partial charge in [0.2, 0.25) is 5.91 Å². The molecule has 1 amide bonds. The number of aryl methyl sites for hydroxylation is 1. The number of carbonyl (C=O) groups is 3. The lowest BCUT2D eigenvalue weighted by Gasteiger charge is -2.31. The number of likely N-dealkylation sites (tertiary alicyclic amines) is 1. The molecule has 0 unspecified atom stereocenters. The van der Waals surface area contributed by atoms with Crippen molar-refractivity contribution in [3.05, 3.63) is 42.7 Å². The average Bonchev–Trinajstić information content (AvgIpc) is 3.37. The maximum absolute atomic E-state index is 12.9. The van der Waals surface area contributed by atoms with Gasteiger partial charge in [0.15, 0.2) is 0 Å². The minimum Gasteiger partial charge on any atom is -0.483 e. The molecule has 1 aliphatic heterocycles. The highest BCUT2D eigenvalue weighted by atomic mass is 16.5. The first-order valence-corrected chi connectivity index (χ1v) is 10.6. The standard InChI is InChI=1S/C22H27N3O3.CH2O2/c1-3-28-22(27)21-15(2)8-9-16-12-25(13-17(16)21)20(26)10-11-24-14-23-18-6-4-5-7-19(18)24;2-1-3/h4-9,14-17,21H,3,10-13H2,1-2H3;1H,(H,2,3)/t15-,16-,17-,21-;/m0./s1. The van der Waals surface area contributed by atoms with Crippen LogP contribution in [0.15, 0.2) is 42.7 Å². The number of carboxylic acid groups (broad SMARTS) is 1. The molecule has 0 saturated carbocycles. The molecule has 4 rings (SSSR count). The first-order chi connectivity index (χ1) is 15.0. The van der Waals surface area contributed by atoms with Gasteiger partial charge in [-0.25, -0.2) is 4.98 Å². The number of para-hydroxylation sites is 2. The van der Waals surface area contributed by atoms with Crippen LogP contribution in [0.3, 0.4) is 0 Å². The van der Waals surface area contributed by atoms with Gasteiger partial charge in [-0.15, -0.1) is 0 Å². The van der Waals surface area contributed by atoms with Crippen molar-refractivity contribution in [3.63, 3.8) is 0 Å². The molecular formula is C23H29N3O5. The van der Waals surface area contributed by atoms with Gasteiger partial charge < -0.3 is 19.3 Å². The number of allylic oxidation sites excluding steroid dienone is 1. The summed E-state index contributed by atoms with van der Waals surface area (Å²) >= 11 is 0. The predicted molar refractivity (Wildman–Crippen MR) is 115 cm³/mol. The monoisotopic (exact) mass is 427 g/mol. The highest BCUT2D eigenvalue weighted by Gasteiger charge is 2.45. The van der Waals surface area contributed by atoms with Crippen LogP contribution in [0.5, 0.6) is 0 Å². The molecule has 166 valence electrons. The molecule has 1 aliphatic carbocycles. The molecule has 0 spiro atoms. The average molecular weight is 428 g/mol. The van der Waals surface area contributed by atoms with E-state index >= 15 is 0 Å². The Bertz CT molecular complexity index is 954. The summed E-state index contributed by atoms with van der Waals surface area (Å²) in [6.45, 7) is 5.97. The number of fused-ring (bicyclic) bond motifs is 2. The number of esters is 1. The lowest BCUT2D eigenvalue weighted by atomic mass is 9.72. The molecule has 1 aromatic carbocycles. The van der Waals surface area contributed by atoms with E-state index in [1.54, 1.807) is 6.33 Å². The zero-order valence-corrected chi connectivity index (χ0v) is 17.9. The van der Waals surface area contributed by atoms with Crippen LogP contribution in [0.4, 0.5) is 0 Å². The Hall–Kier alpha value is -3.16. The van der Waals surface area contributed by atoms with E-state index in [0.29, 0.717) is 32.7 Å². The molecule has 1 N–H and O–H groups in total. The molecule has 8 heteroatoms. The van der Waals surface area contributed by atoms with Gasteiger partial charge in [0.05, 0.1) is 29.9 Å². The van der Waals surface area contributed by atoms with Crippen LogP contribution in [-0.4, -0.2) is 57.6 Å². The summed E-state index contributed by atoms with van der Waals surface area (Å²) in [5, 5.41) is 6.89. The lowest BCUT2D eigenvalue weighted by Crippen LogP contribution is -2.37. The Morgan fingerprint density at radius 1 is 1.26 bits per heavy atom. The van der Waals surface area contributed by atoms with Crippen molar-refractivity contribution in [2.45, 2.75) is 26.8 Å². The summed E-state index contributed by atoms with van der Waals surface area (Å²) in [5.74, 6) is 0.378. The van der Waals surface area contributed by atoms with Crippen LogP contribution in [0.2, 0.25) is 0 Å². The van der Waals surface area contributed by atoms with Crippen molar-refractivity contribution >= 4 is 29.4 Å². The van der Waals surface area contributed by atoms with Crippen molar-refractivity contribution in [3.8, 4) is 0 Å². The SMILES string of the molecule is CCOC(=O)[C@@H]1[C@H]2CN(C(=O)CCn3cnc4ccccc43)C[C@@H]2C=C[C@@H]1C.O=CO. The molecule has 1 aromatic heterocycles. The molecule has 2 heterocycles. The second-order valence-corrected chi connectivity index (χ2v) is 7.93. The number of nitrogens with zero attached hydrogens (tertiary/aromatic N) is 3. The Morgan fingerprint density at radius 2 is 2.00 bits per heavy atom. The molecule has 2 aliphatic rings. The van der Waals surface area contributed by atoms with Gasteiger partial charge in [-0.05, 0) is 36.8 Å². The van der Waals surface area contributed by atoms with E-state index in [-0.39, 0.29) is 42.0 Å². The number of hydrogen-bond acceptors (Lipinski definition) is 5. The summed E-state index contributed by atoms with van der Waals surface area (Å²) in [6, 6.07) is 7.94. The molecule has 2 aromatic rings. The summed E-state index contributed by atoms with van der Waals surface area (Å²) in [7, 11) is 0. The van der Waals surface area contributed by atoms with E-state index in [2.05, 4.69) is 24.1 Å². The van der Waals surface area contributed by atoms with Gasteiger partial charge in [-0.3, -0.25) is 14.4 Å². The number of ether oxygens (including phenoxy) is 1. The fraction of sp³-hybridized carbons (Fsp3) is 0.478. The van der Waals surface area contributed by atoms with Gasteiger partial charge in [0.25, 0.3) is 6.47 Å². The molecule has 8 nitrogen and oxygen atoms in total. The van der Waals surface area contributed by atoms with Crippen LogP contribution < -0.4 is 0 Å². The molecule has 0 bridgehead atoms. The third-order valence-electron chi connectivity index (χ3n) is 6.11. The highest BCUT2D eigenvalue weighted by Crippen LogP contribution is 2.40. The van der Waals surface area contributed by atoms with Gasteiger partial charge in [0.1, 0.15) is 0 Å². The van der Waals surface area contributed by atoms with Gasteiger partial charge >= 0.3 is 5.97 Å². The normalized spacial score (nSPS) is 24.3. The van der Waals surface area contributed by atoms with Crippen molar-refractivity contribution in [1.82, 2.24) is 14.5 Å². The number of carbonyl (C=O) groups excluding carboxylic acids is 2. The third kappa shape index (κ3) is 4.95. The first kappa shape index (κ1) is 22.5. The van der Waals surface area contributed by atoms with Gasteiger partial charge in [-0.2, -0.15) is 0 Å². The van der Waals surface area contributed by atoms with E-state index in [4.69, 9.17) is 14.6 Å². The van der Waals surface area contributed by atoms with Crippen LogP contribution in [0.1, 0.15) is 20.3 Å². The summed E-state index contributed by atoms with van der Waals surface area (Å²) in [5.41, 5.74) is 1.99. The number of amides is 1. The quantitative estimate of drug-likeness (QED) is 0.447. The minimum atomic E-state index is -0.250. The Kier molecular flexibility index (Phi) is 7.44. The first-order valence-electron chi connectivity index (χ1n) is 10.6. The Balaban J connectivity index is 0.000000858. The van der Waals surface area contributed by atoms with E-state index in [0.717, 1.165) is 11.0 Å². The zero-order chi connectivity index (χ0) is 22.4. The largest absolute Gasteiger partial charge is 0.483 e. The number of hydrogen-bond donors (Lipinski definition) is 1. The van der Waals surface area contributed by atoms with Crippen molar-refractivity contribution < 1.29 is 24.2 Å². The molecule has 1 fully saturated rings. The second kappa shape index (κ2) is 10.2. The lowest BCUT2D eigenvalue weighted by molar-refractivity contribution is -0.152. The summed E-state index contributed by atoms with van der Waals surface area (Å²) in [6.07, 6.45) is 6.52. The Morgan fingerprint density at radius 3 is 2.74 bits per heavy atom. The van der Waals surface area contributed by atoms with Crippen molar-refractivity contribution in [2.24, 2.45) is 23.7 Å². The van der Waals surface area contributed by atoms with E-state index in [1.165, 1.54) is 0 Å². The fourth-order valence-corrected chi connectivity index (χ4v) is 4.66. The molecule has 31 heavy (non-hydrogen) atoms. The van der Waals surface area contributed by atoms with E-state index in [1.807, 2.05) is 40.7 Å². The fourth-order valence-electron chi connectivity index (χ4n) is 4.66. The van der Waals surface area contributed by atoms with E-state index < -0.39 is 0 Å². The summed E-state index contributed by atoms with van der Waals surface area (Å²) < 4.78 is 7.33. The molecule has 0 radical (unpaired) electrons. The second-order valence-electron chi connectivity index (χ2n) is 7.93. The molecular weight excluding hydrogens is 398 g/mol. The van der Waals surface area contributed by atoms with Crippen LogP contribution in [-0.2, 0) is 25.7 Å². The van der Waals surface area contributed by atoms with Crippen molar-refractivity contribution in [1.29, 1.82) is 0 Å². The Labute approximate surface area is 181 Å². The topological polar surface area (TPSA) is 102 Å². The van der Waals surface area contributed by atoms with Crippen molar-refractivity contribution in [2.75, 3.05) is 19.7 Å². The maximum atomic E-state index is 12.9. The number of imidazole rings is 1. The minimum absolute atomic E-state index is 0.131. The smallest absolute Gasteiger partial charge is 0.309 e.